The van der Waals surface area contributed by atoms with Gasteiger partial charge in [0.05, 0.1) is 17.8 Å². The van der Waals surface area contributed by atoms with Crippen LogP contribution in [0, 0.1) is 11.8 Å². The van der Waals surface area contributed by atoms with Crippen molar-refractivity contribution in [1.82, 2.24) is 0 Å². The third-order valence-corrected chi connectivity index (χ3v) is 4.79. The molecule has 3 atom stereocenters. The molecule has 0 aromatic heterocycles. The van der Waals surface area contributed by atoms with Gasteiger partial charge in [-0.2, -0.15) is 0 Å². The van der Waals surface area contributed by atoms with Crippen molar-refractivity contribution in [2.24, 2.45) is 11.8 Å². The largest absolute Gasteiger partial charge is 0.390 e. The highest BCUT2D eigenvalue weighted by molar-refractivity contribution is 4.94. The minimum Gasteiger partial charge on any atom is -0.390 e. The average Bonchev–Trinajstić information content (AvgIpc) is 2.77. The second kappa shape index (κ2) is 5.89. The van der Waals surface area contributed by atoms with Crippen LogP contribution < -0.4 is 0 Å². The summed E-state index contributed by atoms with van der Waals surface area (Å²) in [5, 5.41) is 10.6. The van der Waals surface area contributed by atoms with Crippen LogP contribution in [0.3, 0.4) is 0 Å². The van der Waals surface area contributed by atoms with Crippen molar-refractivity contribution in [3.8, 4) is 0 Å². The Hall–Kier alpha value is -0.120. The van der Waals surface area contributed by atoms with E-state index in [9.17, 15) is 5.11 Å². The Bertz CT molecular complexity index is 258. The molecule has 2 fully saturated rings. The molecule has 1 spiro atoms. The summed E-state index contributed by atoms with van der Waals surface area (Å²) in [5.74, 6) is 0.691. The average molecular weight is 256 g/mol. The molecule has 0 bridgehead atoms. The SMILES string of the molecule is COC(C(C)C)C(O)C1CCOC2(CCCC2)C1. The summed E-state index contributed by atoms with van der Waals surface area (Å²) >= 11 is 0. The normalized spacial score (nSPS) is 30.8. The lowest BCUT2D eigenvalue weighted by molar-refractivity contribution is -0.138. The van der Waals surface area contributed by atoms with Crippen LogP contribution in [0.25, 0.3) is 0 Å². The Balaban J connectivity index is 1.99. The van der Waals surface area contributed by atoms with E-state index in [2.05, 4.69) is 13.8 Å². The van der Waals surface area contributed by atoms with Crippen molar-refractivity contribution >= 4 is 0 Å². The molecule has 106 valence electrons. The highest BCUT2D eigenvalue weighted by Gasteiger charge is 2.43. The third kappa shape index (κ3) is 2.89. The molecule has 3 unspecified atom stereocenters. The summed E-state index contributed by atoms with van der Waals surface area (Å²) in [6.45, 7) is 5.03. The molecule has 1 heterocycles. The first-order valence-corrected chi connectivity index (χ1v) is 7.43. The molecule has 0 amide bonds. The fraction of sp³-hybridized carbons (Fsp3) is 1.00. The topological polar surface area (TPSA) is 38.7 Å². The second-order valence-electron chi connectivity index (χ2n) is 6.43. The summed E-state index contributed by atoms with van der Waals surface area (Å²) < 4.78 is 11.5. The van der Waals surface area contributed by atoms with Gasteiger partial charge in [0.15, 0.2) is 0 Å². The van der Waals surface area contributed by atoms with E-state index in [1.54, 1.807) is 7.11 Å². The van der Waals surface area contributed by atoms with Crippen LogP contribution in [0.2, 0.25) is 0 Å². The third-order valence-electron chi connectivity index (χ3n) is 4.79. The predicted octanol–water partition coefficient (Wildman–Crippen LogP) is 2.76. The Labute approximate surface area is 111 Å². The summed E-state index contributed by atoms with van der Waals surface area (Å²) in [6, 6.07) is 0. The zero-order valence-electron chi connectivity index (χ0n) is 12.0. The predicted molar refractivity (Wildman–Crippen MR) is 71.5 cm³/mol. The smallest absolute Gasteiger partial charge is 0.0855 e. The molecule has 0 radical (unpaired) electrons. The summed E-state index contributed by atoms with van der Waals surface area (Å²) in [7, 11) is 1.71. The van der Waals surface area contributed by atoms with Crippen LogP contribution in [-0.2, 0) is 9.47 Å². The number of rotatable bonds is 4. The van der Waals surface area contributed by atoms with E-state index in [-0.39, 0.29) is 17.8 Å². The van der Waals surface area contributed by atoms with Crippen LogP contribution in [0.1, 0.15) is 52.4 Å². The number of ether oxygens (including phenoxy) is 2. The molecule has 2 rings (SSSR count). The van der Waals surface area contributed by atoms with Crippen molar-refractivity contribution in [1.29, 1.82) is 0 Å². The van der Waals surface area contributed by atoms with Gasteiger partial charge in [-0.1, -0.05) is 26.7 Å². The minimum atomic E-state index is -0.351. The fourth-order valence-electron chi connectivity index (χ4n) is 3.80. The molecular weight excluding hydrogens is 228 g/mol. The molecule has 0 aromatic carbocycles. The molecule has 3 heteroatoms. The van der Waals surface area contributed by atoms with Crippen molar-refractivity contribution in [3.05, 3.63) is 0 Å². The van der Waals surface area contributed by atoms with E-state index in [1.807, 2.05) is 0 Å². The minimum absolute atomic E-state index is 0.0495. The van der Waals surface area contributed by atoms with E-state index in [4.69, 9.17) is 9.47 Å². The molecule has 1 saturated carbocycles. The van der Waals surface area contributed by atoms with Gasteiger partial charge < -0.3 is 14.6 Å². The van der Waals surface area contributed by atoms with Crippen molar-refractivity contribution < 1.29 is 14.6 Å². The molecule has 0 aromatic rings. The molecular formula is C15H28O3. The van der Waals surface area contributed by atoms with Gasteiger partial charge in [0.2, 0.25) is 0 Å². The first-order valence-electron chi connectivity index (χ1n) is 7.43. The van der Waals surface area contributed by atoms with E-state index < -0.39 is 0 Å². The number of hydrogen-bond acceptors (Lipinski definition) is 3. The summed E-state index contributed by atoms with van der Waals surface area (Å²) in [4.78, 5) is 0. The molecule has 2 aliphatic rings. The maximum atomic E-state index is 10.6. The fourth-order valence-corrected chi connectivity index (χ4v) is 3.80. The van der Waals surface area contributed by atoms with Crippen LogP contribution in [0.5, 0.6) is 0 Å². The standard InChI is InChI=1S/C15H28O3/c1-11(2)14(17-3)13(16)12-6-9-18-15(10-12)7-4-5-8-15/h11-14,16H,4-10H2,1-3H3. The van der Waals surface area contributed by atoms with E-state index in [0.717, 1.165) is 19.4 Å². The van der Waals surface area contributed by atoms with Gasteiger partial charge in [-0.3, -0.25) is 0 Å². The number of aliphatic hydroxyl groups is 1. The van der Waals surface area contributed by atoms with Gasteiger partial charge in [-0.15, -0.1) is 0 Å². The zero-order chi connectivity index (χ0) is 13.2. The lowest BCUT2D eigenvalue weighted by atomic mass is 9.78. The lowest BCUT2D eigenvalue weighted by Gasteiger charge is -2.42. The van der Waals surface area contributed by atoms with Gasteiger partial charge >= 0.3 is 0 Å². The molecule has 1 N–H and O–H groups in total. The quantitative estimate of drug-likeness (QED) is 0.840. The highest BCUT2D eigenvalue weighted by Crippen LogP contribution is 2.43. The lowest BCUT2D eigenvalue weighted by Crippen LogP contribution is -2.46. The van der Waals surface area contributed by atoms with Crippen LogP contribution in [0.15, 0.2) is 0 Å². The monoisotopic (exact) mass is 256 g/mol. The van der Waals surface area contributed by atoms with Gasteiger partial charge in [0, 0.05) is 13.7 Å². The number of aliphatic hydroxyl groups excluding tert-OH is 1. The van der Waals surface area contributed by atoms with Crippen molar-refractivity contribution in [2.75, 3.05) is 13.7 Å². The highest BCUT2D eigenvalue weighted by atomic mass is 16.5. The molecule has 18 heavy (non-hydrogen) atoms. The summed E-state index contributed by atoms with van der Waals surface area (Å²) in [5.41, 5.74) is 0.0825. The zero-order valence-corrected chi connectivity index (χ0v) is 12.0. The van der Waals surface area contributed by atoms with Crippen LogP contribution in [0.4, 0.5) is 0 Å². The first-order chi connectivity index (χ1) is 8.58. The van der Waals surface area contributed by atoms with Gasteiger partial charge in [-0.05, 0) is 37.5 Å². The Morgan fingerprint density at radius 2 is 1.94 bits per heavy atom. The Morgan fingerprint density at radius 3 is 2.50 bits per heavy atom. The molecule has 3 nitrogen and oxygen atoms in total. The van der Waals surface area contributed by atoms with E-state index in [0.29, 0.717) is 11.8 Å². The van der Waals surface area contributed by atoms with Gasteiger partial charge in [0.25, 0.3) is 0 Å². The first kappa shape index (κ1) is 14.3. The van der Waals surface area contributed by atoms with Crippen LogP contribution >= 0.6 is 0 Å². The number of methoxy groups -OCH3 is 1. The van der Waals surface area contributed by atoms with Gasteiger partial charge in [0.1, 0.15) is 0 Å². The second-order valence-corrected chi connectivity index (χ2v) is 6.43. The number of hydrogen-bond donors (Lipinski definition) is 1. The van der Waals surface area contributed by atoms with E-state index in [1.165, 1.54) is 25.7 Å². The Kier molecular flexibility index (Phi) is 4.68. The van der Waals surface area contributed by atoms with Gasteiger partial charge in [-0.25, -0.2) is 0 Å². The molecule has 1 aliphatic heterocycles. The maximum absolute atomic E-state index is 10.6. The summed E-state index contributed by atoms with van der Waals surface area (Å²) in [6.07, 6.45) is 6.49. The molecule has 1 aliphatic carbocycles. The molecule has 1 saturated heterocycles. The van der Waals surface area contributed by atoms with E-state index >= 15 is 0 Å². The Morgan fingerprint density at radius 1 is 1.28 bits per heavy atom. The maximum Gasteiger partial charge on any atom is 0.0855 e. The van der Waals surface area contributed by atoms with Crippen molar-refractivity contribution in [2.45, 2.75) is 70.2 Å². The van der Waals surface area contributed by atoms with Crippen LogP contribution in [-0.4, -0.2) is 36.6 Å². The van der Waals surface area contributed by atoms with Crippen molar-refractivity contribution in [3.63, 3.8) is 0 Å².